The molecule has 2 rings (SSSR count). The van der Waals surface area contributed by atoms with Crippen molar-refractivity contribution in [2.24, 2.45) is 0 Å². The van der Waals surface area contributed by atoms with Gasteiger partial charge in [-0.3, -0.25) is 0 Å². The summed E-state index contributed by atoms with van der Waals surface area (Å²) in [5.41, 5.74) is 1.75. The Hall–Kier alpha value is -1.52. The lowest BCUT2D eigenvalue weighted by atomic mass is 10.1. The second-order valence-electron chi connectivity index (χ2n) is 4.17. The molecule has 0 aliphatic rings. The van der Waals surface area contributed by atoms with Crippen molar-refractivity contribution < 1.29 is 12.6 Å². The number of aryl methyl sites for hydroxylation is 1. The second-order valence-corrected chi connectivity index (χ2v) is 6.09. The van der Waals surface area contributed by atoms with Gasteiger partial charge in [0, 0.05) is 0 Å². The number of rotatable bonds is 3. The highest BCUT2D eigenvalue weighted by atomic mass is 35.5. The Labute approximate surface area is 117 Å². The van der Waals surface area contributed by atoms with Crippen LogP contribution in [0.15, 0.2) is 47.4 Å². The van der Waals surface area contributed by atoms with Crippen LogP contribution in [0.4, 0.5) is 0 Å². The van der Waals surface area contributed by atoms with Gasteiger partial charge in [0.05, 0.1) is 5.02 Å². The van der Waals surface area contributed by atoms with E-state index in [2.05, 4.69) is 0 Å². The first kappa shape index (κ1) is 13.9. The maximum atomic E-state index is 12.2. The van der Waals surface area contributed by atoms with Crippen molar-refractivity contribution in [3.05, 3.63) is 58.6 Å². The van der Waals surface area contributed by atoms with Crippen LogP contribution in [0.5, 0.6) is 5.75 Å². The molecule has 0 unspecified atom stereocenters. The Morgan fingerprint density at radius 2 is 1.68 bits per heavy atom. The second kappa shape index (κ2) is 5.23. The summed E-state index contributed by atoms with van der Waals surface area (Å²) in [5.74, 6) is 0.319. The highest BCUT2D eigenvalue weighted by Gasteiger charge is 2.20. The van der Waals surface area contributed by atoms with Crippen LogP contribution < -0.4 is 4.18 Å². The fourth-order valence-electron chi connectivity index (χ4n) is 1.63. The third kappa shape index (κ3) is 2.91. The van der Waals surface area contributed by atoms with Crippen molar-refractivity contribution in [2.75, 3.05) is 0 Å². The minimum atomic E-state index is -3.92. The molecule has 0 aliphatic heterocycles. The molecule has 19 heavy (non-hydrogen) atoms. The van der Waals surface area contributed by atoms with Crippen LogP contribution in [-0.2, 0) is 10.1 Å². The standard InChI is InChI=1S/C14H13ClO3S/c1-10-6-5-8-13(11(10)2)18-19(16,17)14-9-4-3-7-12(14)15/h3-9H,1-2H3. The van der Waals surface area contributed by atoms with Crippen molar-refractivity contribution >= 4 is 21.7 Å². The number of benzene rings is 2. The monoisotopic (exact) mass is 296 g/mol. The van der Waals surface area contributed by atoms with Crippen LogP contribution in [0.1, 0.15) is 11.1 Å². The lowest BCUT2D eigenvalue weighted by Gasteiger charge is -2.11. The number of hydrogen-bond donors (Lipinski definition) is 0. The zero-order valence-corrected chi connectivity index (χ0v) is 12.1. The molecule has 0 atom stereocenters. The minimum absolute atomic E-state index is 0.0300. The van der Waals surface area contributed by atoms with Crippen molar-refractivity contribution in [1.82, 2.24) is 0 Å². The van der Waals surface area contributed by atoms with Crippen molar-refractivity contribution in [1.29, 1.82) is 0 Å². The fraction of sp³-hybridized carbons (Fsp3) is 0.143. The Balaban J connectivity index is 2.43. The van der Waals surface area contributed by atoms with Crippen LogP contribution in [-0.4, -0.2) is 8.42 Å². The van der Waals surface area contributed by atoms with E-state index in [9.17, 15) is 8.42 Å². The molecular formula is C14H13ClO3S. The summed E-state index contributed by atoms with van der Waals surface area (Å²) in [6, 6.07) is 11.5. The summed E-state index contributed by atoms with van der Waals surface area (Å²) in [5, 5.41) is 0.146. The number of hydrogen-bond acceptors (Lipinski definition) is 3. The molecule has 0 aromatic heterocycles. The molecule has 0 aliphatic carbocycles. The predicted octanol–water partition coefficient (Wildman–Crippen LogP) is 3.72. The third-order valence-electron chi connectivity index (χ3n) is 2.86. The van der Waals surface area contributed by atoms with Gasteiger partial charge in [-0.25, -0.2) is 0 Å². The molecule has 0 radical (unpaired) electrons. The van der Waals surface area contributed by atoms with Gasteiger partial charge in [0.25, 0.3) is 0 Å². The first-order chi connectivity index (χ1) is 8.92. The van der Waals surface area contributed by atoms with E-state index < -0.39 is 10.1 Å². The molecule has 0 spiro atoms. The molecule has 0 saturated carbocycles. The molecule has 2 aromatic rings. The average Bonchev–Trinajstić information content (AvgIpc) is 2.35. The maximum Gasteiger partial charge on any atom is 0.340 e. The fourth-order valence-corrected chi connectivity index (χ4v) is 3.10. The van der Waals surface area contributed by atoms with Crippen LogP contribution in [0.3, 0.4) is 0 Å². The largest absolute Gasteiger partial charge is 0.379 e. The SMILES string of the molecule is Cc1cccc(OS(=O)(=O)c2ccccc2Cl)c1C. The van der Waals surface area contributed by atoms with Crippen LogP contribution in [0, 0.1) is 13.8 Å². The predicted molar refractivity (Wildman–Crippen MR) is 75.2 cm³/mol. The van der Waals surface area contributed by atoms with Gasteiger partial charge >= 0.3 is 10.1 Å². The van der Waals surface area contributed by atoms with Gasteiger partial charge in [0.2, 0.25) is 0 Å². The minimum Gasteiger partial charge on any atom is -0.379 e. The van der Waals surface area contributed by atoms with E-state index in [1.54, 1.807) is 24.3 Å². The smallest absolute Gasteiger partial charge is 0.340 e. The van der Waals surface area contributed by atoms with E-state index in [0.717, 1.165) is 11.1 Å². The van der Waals surface area contributed by atoms with E-state index >= 15 is 0 Å². The Morgan fingerprint density at radius 1 is 1.00 bits per heavy atom. The third-order valence-corrected chi connectivity index (χ3v) is 4.60. The van der Waals surface area contributed by atoms with Crippen molar-refractivity contribution in [3.8, 4) is 5.75 Å². The van der Waals surface area contributed by atoms with Crippen molar-refractivity contribution in [3.63, 3.8) is 0 Å². The van der Waals surface area contributed by atoms with Gasteiger partial charge in [-0.05, 0) is 43.2 Å². The van der Waals surface area contributed by atoms with Crippen LogP contribution in [0.25, 0.3) is 0 Å². The Kier molecular flexibility index (Phi) is 3.83. The van der Waals surface area contributed by atoms with Crippen LogP contribution >= 0.6 is 11.6 Å². The zero-order valence-electron chi connectivity index (χ0n) is 10.6. The lowest BCUT2D eigenvalue weighted by Crippen LogP contribution is -2.11. The summed E-state index contributed by atoms with van der Waals surface area (Å²) in [6.45, 7) is 3.71. The molecule has 100 valence electrons. The Morgan fingerprint density at radius 3 is 2.37 bits per heavy atom. The zero-order chi connectivity index (χ0) is 14.0. The molecule has 0 fully saturated rings. The van der Waals surface area contributed by atoms with Crippen molar-refractivity contribution in [2.45, 2.75) is 18.7 Å². The van der Waals surface area contributed by atoms with E-state index in [1.165, 1.54) is 12.1 Å². The van der Waals surface area contributed by atoms with Gasteiger partial charge in [-0.15, -0.1) is 0 Å². The summed E-state index contributed by atoms with van der Waals surface area (Å²) in [4.78, 5) is -0.0300. The molecule has 5 heteroatoms. The van der Waals surface area contributed by atoms with Gasteiger partial charge in [-0.2, -0.15) is 8.42 Å². The lowest BCUT2D eigenvalue weighted by molar-refractivity contribution is 0.484. The molecule has 2 aromatic carbocycles. The van der Waals surface area contributed by atoms with Gasteiger partial charge < -0.3 is 4.18 Å². The highest BCUT2D eigenvalue weighted by molar-refractivity contribution is 7.87. The summed E-state index contributed by atoms with van der Waals surface area (Å²) in [7, 11) is -3.92. The molecule has 0 amide bonds. The molecule has 3 nitrogen and oxygen atoms in total. The first-order valence-electron chi connectivity index (χ1n) is 5.67. The topological polar surface area (TPSA) is 43.4 Å². The average molecular weight is 297 g/mol. The molecule has 0 heterocycles. The van der Waals surface area contributed by atoms with Gasteiger partial charge in [-0.1, -0.05) is 35.9 Å². The Bertz CT molecular complexity index is 708. The quantitative estimate of drug-likeness (QED) is 0.811. The summed E-state index contributed by atoms with van der Waals surface area (Å²) >= 11 is 5.89. The van der Waals surface area contributed by atoms with E-state index in [-0.39, 0.29) is 9.92 Å². The molecular weight excluding hydrogens is 284 g/mol. The van der Waals surface area contributed by atoms with Crippen LogP contribution in [0.2, 0.25) is 5.02 Å². The summed E-state index contributed by atoms with van der Waals surface area (Å²) < 4.78 is 29.5. The molecule has 0 saturated heterocycles. The number of halogens is 1. The van der Waals surface area contributed by atoms with Gasteiger partial charge in [0.1, 0.15) is 10.6 Å². The highest BCUT2D eigenvalue weighted by Crippen LogP contribution is 2.27. The van der Waals surface area contributed by atoms with E-state index in [4.69, 9.17) is 15.8 Å². The molecule has 0 bridgehead atoms. The molecule has 0 N–H and O–H groups in total. The van der Waals surface area contributed by atoms with E-state index in [1.807, 2.05) is 19.9 Å². The van der Waals surface area contributed by atoms with E-state index in [0.29, 0.717) is 5.75 Å². The van der Waals surface area contributed by atoms with Gasteiger partial charge in [0.15, 0.2) is 0 Å². The summed E-state index contributed by atoms with van der Waals surface area (Å²) in [6.07, 6.45) is 0. The normalized spacial score (nSPS) is 11.3. The maximum absolute atomic E-state index is 12.2. The first-order valence-corrected chi connectivity index (χ1v) is 7.45.